The van der Waals surface area contributed by atoms with Crippen molar-refractivity contribution in [2.24, 2.45) is 0 Å². The van der Waals surface area contributed by atoms with E-state index in [0.29, 0.717) is 11.4 Å². The van der Waals surface area contributed by atoms with Crippen LogP contribution in [0.2, 0.25) is 0 Å². The van der Waals surface area contributed by atoms with Crippen LogP contribution in [0.3, 0.4) is 0 Å². The summed E-state index contributed by atoms with van der Waals surface area (Å²) in [6.07, 6.45) is 0. The Morgan fingerprint density at radius 1 is 1.19 bits per heavy atom. The fourth-order valence-corrected chi connectivity index (χ4v) is 2.28. The summed E-state index contributed by atoms with van der Waals surface area (Å²) >= 11 is 0. The minimum absolute atomic E-state index is 0.0868. The van der Waals surface area contributed by atoms with Crippen molar-refractivity contribution in [3.63, 3.8) is 0 Å². The first-order chi connectivity index (χ1) is 9.97. The maximum atomic E-state index is 12.1. The van der Waals surface area contributed by atoms with Crippen molar-refractivity contribution in [2.45, 2.75) is 13.8 Å². The number of nitrogens with one attached hydrogen (secondary N) is 1. The van der Waals surface area contributed by atoms with E-state index in [1.165, 1.54) is 0 Å². The molecule has 3 N–H and O–H groups in total. The first-order valence-corrected chi connectivity index (χ1v) is 6.90. The lowest BCUT2D eigenvalue weighted by atomic mass is 10.2. The van der Waals surface area contributed by atoms with Crippen molar-refractivity contribution in [3.05, 3.63) is 53.6 Å². The summed E-state index contributed by atoms with van der Waals surface area (Å²) in [6.45, 7) is 4.27. The first kappa shape index (κ1) is 14.9. The molecule has 110 valence electrons. The highest BCUT2D eigenvalue weighted by Crippen LogP contribution is 2.20. The lowest BCUT2D eigenvalue weighted by Gasteiger charge is -2.21. The third-order valence-corrected chi connectivity index (χ3v) is 3.39. The molecule has 0 atom stereocenters. The lowest BCUT2D eigenvalue weighted by molar-refractivity contribution is -0.114. The maximum Gasteiger partial charge on any atom is 0.243 e. The Bertz CT molecular complexity index is 652. The van der Waals surface area contributed by atoms with E-state index in [0.717, 1.165) is 16.8 Å². The number of nitrogens with two attached hydrogens (primary N) is 1. The van der Waals surface area contributed by atoms with Gasteiger partial charge in [0.15, 0.2) is 0 Å². The summed E-state index contributed by atoms with van der Waals surface area (Å²) < 4.78 is 0. The number of nitrogen functional groups attached to an aromatic ring is 1. The molecule has 0 aliphatic heterocycles. The molecular weight excluding hydrogens is 262 g/mol. The molecule has 2 rings (SSSR count). The van der Waals surface area contributed by atoms with Crippen LogP contribution in [-0.2, 0) is 4.79 Å². The Labute approximate surface area is 125 Å². The zero-order valence-corrected chi connectivity index (χ0v) is 12.7. The van der Waals surface area contributed by atoms with Gasteiger partial charge in [0.05, 0.1) is 17.9 Å². The molecule has 4 nitrogen and oxygen atoms in total. The second-order valence-electron chi connectivity index (χ2n) is 5.28. The average Bonchev–Trinajstić information content (AvgIpc) is 2.42. The van der Waals surface area contributed by atoms with Gasteiger partial charge in [-0.15, -0.1) is 0 Å². The third kappa shape index (κ3) is 3.75. The molecule has 0 spiro atoms. The van der Waals surface area contributed by atoms with E-state index in [1.54, 1.807) is 0 Å². The van der Waals surface area contributed by atoms with Gasteiger partial charge >= 0.3 is 0 Å². The molecule has 4 heteroatoms. The molecule has 2 aromatic carbocycles. The predicted octanol–water partition coefficient (Wildman–Crippen LogP) is 2.96. The van der Waals surface area contributed by atoms with E-state index in [1.807, 2.05) is 68.3 Å². The van der Waals surface area contributed by atoms with Crippen molar-refractivity contribution >= 4 is 23.0 Å². The molecule has 0 unspecified atom stereocenters. The summed E-state index contributed by atoms with van der Waals surface area (Å²) in [5.74, 6) is -0.0868. The number of carbonyl (C=O) groups excluding carboxylic acids is 1. The largest absolute Gasteiger partial charge is 0.397 e. The number of hydrogen-bond donors (Lipinski definition) is 2. The van der Waals surface area contributed by atoms with Gasteiger partial charge < -0.3 is 16.0 Å². The molecule has 0 aliphatic rings. The van der Waals surface area contributed by atoms with E-state index < -0.39 is 0 Å². The fraction of sp³-hybridized carbons (Fsp3) is 0.235. The van der Waals surface area contributed by atoms with Crippen molar-refractivity contribution in [1.82, 2.24) is 0 Å². The Morgan fingerprint density at radius 3 is 2.57 bits per heavy atom. The summed E-state index contributed by atoms with van der Waals surface area (Å²) in [7, 11) is 1.90. The number of aryl methyl sites for hydroxylation is 2. The van der Waals surface area contributed by atoms with Gasteiger partial charge in [-0.1, -0.05) is 24.3 Å². The standard InChI is InChI=1S/C17H21N3O/c1-12-8-9-15(14(18)10-12)19-17(21)11-20(3)16-7-5-4-6-13(16)2/h4-10H,11,18H2,1-3H3,(H,19,21). The molecule has 0 aliphatic carbocycles. The van der Waals surface area contributed by atoms with Gasteiger partial charge in [0, 0.05) is 12.7 Å². The van der Waals surface area contributed by atoms with Crippen LogP contribution in [0, 0.1) is 13.8 Å². The number of hydrogen-bond acceptors (Lipinski definition) is 3. The van der Waals surface area contributed by atoms with Gasteiger partial charge in [0.2, 0.25) is 5.91 Å². The van der Waals surface area contributed by atoms with E-state index in [4.69, 9.17) is 5.73 Å². The van der Waals surface area contributed by atoms with Crippen molar-refractivity contribution in [2.75, 3.05) is 29.5 Å². The Balaban J connectivity index is 2.03. The summed E-state index contributed by atoms with van der Waals surface area (Å²) in [5, 5.41) is 2.85. The van der Waals surface area contributed by atoms with Crippen LogP contribution in [0.1, 0.15) is 11.1 Å². The zero-order chi connectivity index (χ0) is 15.4. The maximum absolute atomic E-state index is 12.1. The van der Waals surface area contributed by atoms with Crippen LogP contribution in [0.5, 0.6) is 0 Å². The number of anilines is 3. The molecule has 0 fully saturated rings. The van der Waals surface area contributed by atoms with Crippen molar-refractivity contribution in [1.29, 1.82) is 0 Å². The number of likely N-dealkylation sites (N-methyl/N-ethyl adjacent to an activating group) is 1. The highest BCUT2D eigenvalue weighted by molar-refractivity contribution is 5.96. The normalized spacial score (nSPS) is 10.2. The van der Waals surface area contributed by atoms with Crippen LogP contribution in [0.15, 0.2) is 42.5 Å². The number of carbonyl (C=O) groups is 1. The highest BCUT2D eigenvalue weighted by Gasteiger charge is 2.10. The van der Waals surface area contributed by atoms with Crippen LogP contribution in [0.4, 0.5) is 17.1 Å². The van der Waals surface area contributed by atoms with E-state index in [9.17, 15) is 4.79 Å². The second-order valence-corrected chi connectivity index (χ2v) is 5.28. The van der Waals surface area contributed by atoms with Crippen LogP contribution >= 0.6 is 0 Å². The van der Waals surface area contributed by atoms with Crippen LogP contribution in [0.25, 0.3) is 0 Å². The summed E-state index contributed by atoms with van der Waals surface area (Å²) in [6, 6.07) is 13.6. The SMILES string of the molecule is Cc1ccc(NC(=O)CN(C)c2ccccc2C)c(N)c1. The topological polar surface area (TPSA) is 58.4 Å². The lowest BCUT2D eigenvalue weighted by Crippen LogP contribution is -2.30. The van der Waals surface area contributed by atoms with Crippen molar-refractivity contribution in [3.8, 4) is 0 Å². The van der Waals surface area contributed by atoms with Gasteiger partial charge in [-0.05, 0) is 43.2 Å². The smallest absolute Gasteiger partial charge is 0.243 e. The number of nitrogens with zero attached hydrogens (tertiary/aromatic N) is 1. The Morgan fingerprint density at radius 2 is 1.90 bits per heavy atom. The Kier molecular flexibility index (Phi) is 4.48. The molecule has 0 bridgehead atoms. The molecule has 21 heavy (non-hydrogen) atoms. The zero-order valence-electron chi connectivity index (χ0n) is 12.7. The number of benzene rings is 2. The molecule has 0 aromatic heterocycles. The summed E-state index contributed by atoms with van der Waals surface area (Å²) in [4.78, 5) is 14.1. The van der Waals surface area contributed by atoms with Crippen molar-refractivity contribution < 1.29 is 4.79 Å². The molecule has 1 amide bonds. The second kappa shape index (κ2) is 6.31. The minimum atomic E-state index is -0.0868. The van der Waals surface area contributed by atoms with E-state index in [-0.39, 0.29) is 12.5 Å². The minimum Gasteiger partial charge on any atom is -0.397 e. The number of amides is 1. The molecule has 2 aromatic rings. The van der Waals surface area contributed by atoms with Gasteiger partial charge in [-0.2, -0.15) is 0 Å². The molecule has 0 saturated heterocycles. The molecule has 0 radical (unpaired) electrons. The van der Waals surface area contributed by atoms with Gasteiger partial charge in [-0.25, -0.2) is 0 Å². The van der Waals surface area contributed by atoms with E-state index in [2.05, 4.69) is 5.32 Å². The third-order valence-electron chi connectivity index (χ3n) is 3.39. The van der Waals surface area contributed by atoms with E-state index >= 15 is 0 Å². The predicted molar refractivity (Wildman–Crippen MR) is 88.7 cm³/mol. The highest BCUT2D eigenvalue weighted by atomic mass is 16.2. The van der Waals surface area contributed by atoms with Gasteiger partial charge in [0.1, 0.15) is 0 Å². The molecular formula is C17H21N3O. The monoisotopic (exact) mass is 283 g/mol. The van der Waals surface area contributed by atoms with Crippen LogP contribution in [-0.4, -0.2) is 19.5 Å². The molecule has 0 heterocycles. The Hall–Kier alpha value is -2.49. The van der Waals surface area contributed by atoms with Gasteiger partial charge in [-0.3, -0.25) is 4.79 Å². The quantitative estimate of drug-likeness (QED) is 0.848. The number of rotatable bonds is 4. The average molecular weight is 283 g/mol. The van der Waals surface area contributed by atoms with Crippen LogP contribution < -0.4 is 16.0 Å². The summed E-state index contributed by atoms with van der Waals surface area (Å²) in [5.41, 5.74) is 10.4. The molecule has 0 saturated carbocycles. The number of para-hydroxylation sites is 1. The fourth-order valence-electron chi connectivity index (χ4n) is 2.28. The first-order valence-electron chi connectivity index (χ1n) is 6.90. The van der Waals surface area contributed by atoms with Gasteiger partial charge in [0.25, 0.3) is 0 Å².